The molecule has 4 aromatic rings. The number of rotatable bonds is 8. The Morgan fingerprint density at radius 1 is 0.750 bits per heavy atom. The first-order valence-corrected chi connectivity index (χ1v) is 14.5. The minimum Gasteiger partial charge on any atom is -0.466 e. The second kappa shape index (κ2) is 12.4. The van der Waals surface area contributed by atoms with Gasteiger partial charge in [0.15, 0.2) is 0 Å². The van der Waals surface area contributed by atoms with Crippen LogP contribution in [0.15, 0.2) is 144 Å². The highest BCUT2D eigenvalue weighted by Crippen LogP contribution is 2.51. The predicted octanol–water partition coefficient (Wildman–Crippen LogP) is 5.65. The van der Waals surface area contributed by atoms with Crippen molar-refractivity contribution in [2.75, 3.05) is 20.2 Å². The number of fused-ring (bicyclic) bond motifs is 1. The van der Waals surface area contributed by atoms with Gasteiger partial charge in [-0.15, -0.1) is 0 Å². The largest absolute Gasteiger partial charge is 0.466 e. The van der Waals surface area contributed by atoms with Crippen LogP contribution in [0.1, 0.15) is 27.0 Å². The topological polar surface area (TPSA) is 76.2 Å². The second-order valence-corrected chi connectivity index (χ2v) is 10.7. The van der Waals surface area contributed by atoms with E-state index in [1.807, 2.05) is 102 Å². The summed E-state index contributed by atoms with van der Waals surface area (Å²) < 4.78 is 11.6. The summed E-state index contributed by atoms with van der Waals surface area (Å²) in [5, 5.41) is 0. The summed E-state index contributed by atoms with van der Waals surface area (Å²) >= 11 is 0. The van der Waals surface area contributed by atoms with Gasteiger partial charge in [0.05, 0.1) is 18.5 Å². The first kappa shape index (κ1) is 28.7. The van der Waals surface area contributed by atoms with Crippen molar-refractivity contribution in [1.29, 1.82) is 0 Å². The van der Waals surface area contributed by atoms with Gasteiger partial charge >= 0.3 is 11.9 Å². The van der Waals surface area contributed by atoms with Crippen molar-refractivity contribution >= 4 is 17.7 Å². The van der Waals surface area contributed by atoms with E-state index < -0.39 is 23.3 Å². The van der Waals surface area contributed by atoms with E-state index in [0.29, 0.717) is 48.7 Å². The number of hydrogen-bond acceptors (Lipinski definition) is 7. The maximum Gasteiger partial charge on any atom is 0.345 e. The van der Waals surface area contributed by atoms with Gasteiger partial charge in [0.25, 0.3) is 0 Å². The van der Waals surface area contributed by atoms with Crippen molar-refractivity contribution in [3.05, 3.63) is 167 Å². The van der Waals surface area contributed by atoms with Crippen molar-refractivity contribution in [1.82, 2.24) is 9.80 Å². The number of hydrogen-bond donors (Lipinski definition) is 0. The fourth-order valence-corrected chi connectivity index (χ4v) is 6.01. The molecule has 0 bridgehead atoms. The zero-order chi connectivity index (χ0) is 30.5. The van der Waals surface area contributed by atoms with Crippen molar-refractivity contribution in [2.45, 2.75) is 18.7 Å². The average molecular weight is 585 g/mol. The SMILES string of the molecule is COC(=O)/C=C1\N(Cc2ccccc2)CCN(Cc2ccccc2)C2=C(C(=O)c3ccccc3)C(=O)OC21c1ccccc1. The van der Waals surface area contributed by atoms with Crippen LogP contribution in [0.25, 0.3) is 0 Å². The minimum absolute atomic E-state index is 0.0479. The molecule has 2 heterocycles. The molecule has 0 aliphatic carbocycles. The molecule has 220 valence electrons. The molecule has 1 unspecified atom stereocenters. The molecule has 0 N–H and O–H groups in total. The Morgan fingerprint density at radius 2 is 1.25 bits per heavy atom. The van der Waals surface area contributed by atoms with Gasteiger partial charge in [0, 0.05) is 43.4 Å². The molecular formula is C37H32N2O5. The molecule has 7 heteroatoms. The third kappa shape index (κ3) is 5.40. The lowest BCUT2D eigenvalue weighted by molar-refractivity contribution is -0.147. The molecule has 0 amide bonds. The second-order valence-electron chi connectivity index (χ2n) is 10.7. The Bertz CT molecular complexity index is 1720. The molecule has 7 nitrogen and oxygen atoms in total. The molecule has 2 aliphatic rings. The summed E-state index contributed by atoms with van der Waals surface area (Å²) in [4.78, 5) is 45.5. The Morgan fingerprint density at radius 3 is 1.82 bits per heavy atom. The fourth-order valence-electron chi connectivity index (χ4n) is 6.01. The van der Waals surface area contributed by atoms with Crippen LogP contribution in [0.5, 0.6) is 0 Å². The molecule has 0 saturated carbocycles. The van der Waals surface area contributed by atoms with Crippen LogP contribution >= 0.6 is 0 Å². The average Bonchev–Trinajstić information content (AvgIpc) is 3.33. The predicted molar refractivity (Wildman–Crippen MR) is 166 cm³/mol. The number of esters is 2. The summed E-state index contributed by atoms with van der Waals surface area (Å²) in [6.45, 7) is 1.78. The fraction of sp³-hybridized carbons (Fsp3) is 0.162. The zero-order valence-corrected chi connectivity index (χ0v) is 24.4. The Hall–Kier alpha value is -5.43. The summed E-state index contributed by atoms with van der Waals surface area (Å²) in [5.41, 5.74) is 2.19. The third-order valence-corrected chi connectivity index (χ3v) is 8.01. The minimum atomic E-state index is -1.60. The van der Waals surface area contributed by atoms with Crippen molar-refractivity contribution < 1.29 is 23.9 Å². The molecule has 6 rings (SSSR count). The number of ether oxygens (including phenoxy) is 2. The third-order valence-electron chi connectivity index (χ3n) is 8.01. The molecule has 0 radical (unpaired) electrons. The van der Waals surface area contributed by atoms with E-state index in [1.165, 1.54) is 13.2 Å². The Kier molecular flexibility index (Phi) is 8.10. The monoisotopic (exact) mass is 584 g/mol. The molecule has 1 saturated heterocycles. The summed E-state index contributed by atoms with van der Waals surface area (Å²) in [6.07, 6.45) is 1.39. The number of nitrogens with zero attached hydrogens (tertiary/aromatic N) is 2. The smallest absolute Gasteiger partial charge is 0.345 e. The first-order valence-electron chi connectivity index (χ1n) is 14.5. The van der Waals surface area contributed by atoms with Crippen LogP contribution < -0.4 is 0 Å². The lowest BCUT2D eigenvalue weighted by atomic mass is 9.83. The lowest BCUT2D eigenvalue weighted by Crippen LogP contribution is -2.41. The maximum atomic E-state index is 14.2. The van der Waals surface area contributed by atoms with Gasteiger partial charge in [-0.3, -0.25) is 4.79 Å². The van der Waals surface area contributed by atoms with Gasteiger partial charge in [0.1, 0.15) is 5.57 Å². The molecule has 0 spiro atoms. The van der Waals surface area contributed by atoms with Crippen LogP contribution in [0, 0.1) is 0 Å². The van der Waals surface area contributed by atoms with Gasteiger partial charge in [0.2, 0.25) is 11.4 Å². The Balaban J connectivity index is 1.65. The van der Waals surface area contributed by atoms with Crippen LogP contribution in [-0.2, 0) is 37.8 Å². The van der Waals surface area contributed by atoms with E-state index in [-0.39, 0.29) is 5.57 Å². The molecular weight excluding hydrogens is 552 g/mol. The van der Waals surface area contributed by atoms with E-state index >= 15 is 0 Å². The van der Waals surface area contributed by atoms with Gasteiger partial charge in [-0.1, -0.05) is 121 Å². The Labute approximate surface area is 256 Å². The van der Waals surface area contributed by atoms with Crippen LogP contribution in [0.4, 0.5) is 0 Å². The molecule has 1 fully saturated rings. The molecule has 2 aliphatic heterocycles. The highest BCUT2D eigenvalue weighted by molar-refractivity contribution is 6.26. The highest BCUT2D eigenvalue weighted by atomic mass is 16.6. The molecule has 44 heavy (non-hydrogen) atoms. The number of carbonyl (C=O) groups is 3. The normalized spacial score (nSPS) is 18.9. The quantitative estimate of drug-likeness (QED) is 0.115. The summed E-state index contributed by atoms with van der Waals surface area (Å²) in [7, 11) is 1.32. The van der Waals surface area contributed by atoms with Gasteiger partial charge < -0.3 is 19.3 Å². The number of Topliss-reactive ketones (excluding diaryl/α,β-unsaturated/α-hetero) is 1. The number of carbonyl (C=O) groups excluding carboxylic acids is 3. The van der Waals surface area contributed by atoms with Crippen LogP contribution in [0.2, 0.25) is 0 Å². The van der Waals surface area contributed by atoms with Crippen molar-refractivity contribution in [3.63, 3.8) is 0 Å². The van der Waals surface area contributed by atoms with Crippen molar-refractivity contribution in [2.24, 2.45) is 0 Å². The molecule has 4 aromatic carbocycles. The van der Waals surface area contributed by atoms with Crippen LogP contribution in [0.3, 0.4) is 0 Å². The van der Waals surface area contributed by atoms with Crippen LogP contribution in [-0.4, -0.2) is 47.7 Å². The summed E-state index contributed by atoms with van der Waals surface area (Å²) in [5.74, 6) is -1.77. The van der Waals surface area contributed by atoms with E-state index in [4.69, 9.17) is 9.47 Å². The van der Waals surface area contributed by atoms with Gasteiger partial charge in [-0.25, -0.2) is 9.59 Å². The first-order chi connectivity index (χ1) is 21.5. The standard InChI is InChI=1S/C37H32N2O5/c1-43-32(40)24-31-37(30-20-12-5-13-21-30)35(33(36(42)44-37)34(41)29-18-10-4-11-19-29)39(26-28-16-8-3-9-17-28)23-22-38(31)25-27-14-6-2-7-15-27/h2-21,24H,22-23,25-26H2,1H3/b31-24-. The van der Waals surface area contributed by atoms with Gasteiger partial charge in [-0.2, -0.15) is 0 Å². The summed E-state index contributed by atoms with van der Waals surface area (Å²) in [6, 6.07) is 37.8. The van der Waals surface area contributed by atoms with E-state index in [2.05, 4.69) is 4.90 Å². The van der Waals surface area contributed by atoms with Gasteiger partial charge in [-0.05, 0) is 11.1 Å². The van der Waals surface area contributed by atoms with E-state index in [9.17, 15) is 14.4 Å². The van der Waals surface area contributed by atoms with Crippen molar-refractivity contribution in [3.8, 4) is 0 Å². The zero-order valence-electron chi connectivity index (χ0n) is 24.4. The van der Waals surface area contributed by atoms with E-state index in [1.54, 1.807) is 24.3 Å². The number of ketones is 1. The highest BCUT2D eigenvalue weighted by Gasteiger charge is 2.58. The molecule has 1 atom stereocenters. The van der Waals surface area contributed by atoms with E-state index in [0.717, 1.165) is 11.1 Å². The lowest BCUT2D eigenvalue weighted by Gasteiger charge is -2.39. The molecule has 0 aromatic heterocycles. The maximum absolute atomic E-state index is 14.2. The number of benzene rings is 4. The number of methoxy groups -OCH3 is 1.